The number of hydrogen-bond acceptors (Lipinski definition) is 0. The van der Waals surface area contributed by atoms with Crippen LogP contribution in [0.3, 0.4) is 0 Å². The van der Waals surface area contributed by atoms with Crippen molar-refractivity contribution in [1.29, 1.82) is 0 Å². The highest BCUT2D eigenvalue weighted by Crippen LogP contribution is 2.52. The van der Waals surface area contributed by atoms with E-state index < -0.39 is 0 Å². The van der Waals surface area contributed by atoms with Crippen LogP contribution in [0.4, 0.5) is 0 Å². The first-order valence-electron chi connectivity index (χ1n) is 7.51. The standard InChI is InChI=1S/C18H32P2.2B/c1-17(2,3)19(7)13-15-11-9-10-12-16(15)14-20(8)18(4,5)6;;/h9-12H,13-14H2,1-8H3;;. The average Bonchev–Trinajstić information content (AvgIpc) is 2.29. The summed E-state index contributed by atoms with van der Waals surface area (Å²) in [6, 6.07) is 9.12. The predicted octanol–water partition coefficient (Wildman–Crippen LogP) is 5.75. The molecular formula is C18H32B2P2. The molecule has 0 saturated heterocycles. The van der Waals surface area contributed by atoms with E-state index in [2.05, 4.69) is 79.1 Å². The first kappa shape index (κ1) is 24.5. The van der Waals surface area contributed by atoms with Crippen molar-refractivity contribution in [3.05, 3.63) is 35.4 Å². The molecule has 4 heteroatoms. The van der Waals surface area contributed by atoms with E-state index in [1.165, 1.54) is 12.3 Å². The number of benzene rings is 1. The van der Waals surface area contributed by atoms with Crippen molar-refractivity contribution in [2.24, 2.45) is 0 Å². The minimum Gasteiger partial charge on any atom is -0.0999 e. The maximum Gasteiger partial charge on any atom is 0 e. The topological polar surface area (TPSA) is 0 Å². The van der Waals surface area contributed by atoms with Gasteiger partial charge in [0.25, 0.3) is 0 Å². The monoisotopic (exact) mass is 332 g/mol. The molecule has 1 rings (SSSR count). The molecule has 0 bridgehead atoms. The van der Waals surface area contributed by atoms with E-state index in [1.54, 1.807) is 11.1 Å². The van der Waals surface area contributed by atoms with Crippen LogP contribution in [0.15, 0.2) is 24.3 Å². The summed E-state index contributed by atoms with van der Waals surface area (Å²) in [7, 11) is 0.0800. The molecule has 1 aromatic carbocycles. The van der Waals surface area contributed by atoms with E-state index in [1.807, 2.05) is 0 Å². The minimum absolute atomic E-state index is 0. The second kappa shape index (κ2) is 9.49. The fourth-order valence-electron chi connectivity index (χ4n) is 1.85. The molecule has 0 N–H and O–H groups in total. The number of hydrogen-bond donors (Lipinski definition) is 0. The molecule has 22 heavy (non-hydrogen) atoms. The van der Waals surface area contributed by atoms with Crippen LogP contribution >= 0.6 is 15.8 Å². The highest BCUT2D eigenvalue weighted by atomic mass is 31.1. The largest absolute Gasteiger partial charge is 0.0999 e. The zero-order valence-corrected chi connectivity index (χ0v) is 17.6. The van der Waals surface area contributed by atoms with Gasteiger partial charge in [-0.05, 0) is 47.1 Å². The Morgan fingerprint density at radius 2 is 0.955 bits per heavy atom. The van der Waals surface area contributed by atoms with E-state index in [4.69, 9.17) is 0 Å². The van der Waals surface area contributed by atoms with Gasteiger partial charge in [0.1, 0.15) is 0 Å². The average molecular weight is 332 g/mol. The van der Waals surface area contributed by atoms with Crippen molar-refractivity contribution in [1.82, 2.24) is 0 Å². The minimum atomic E-state index is 0. The van der Waals surface area contributed by atoms with Gasteiger partial charge in [0.05, 0.1) is 0 Å². The molecule has 0 fully saturated rings. The first-order valence-corrected chi connectivity index (χ1v) is 11.5. The van der Waals surface area contributed by atoms with Crippen LogP contribution in [-0.2, 0) is 12.3 Å². The van der Waals surface area contributed by atoms with Crippen LogP contribution in [0.2, 0.25) is 0 Å². The quantitative estimate of drug-likeness (QED) is 0.487. The second-order valence-electron chi connectivity index (χ2n) is 7.82. The van der Waals surface area contributed by atoms with Crippen molar-refractivity contribution in [2.75, 3.05) is 13.3 Å². The van der Waals surface area contributed by atoms with Gasteiger partial charge < -0.3 is 0 Å². The highest BCUT2D eigenvalue weighted by molar-refractivity contribution is 7.58. The zero-order chi connectivity index (χ0) is 15.6. The number of rotatable bonds is 4. The molecule has 0 spiro atoms. The summed E-state index contributed by atoms with van der Waals surface area (Å²) in [5.74, 6) is 0. The normalized spacial score (nSPS) is 14.5. The third-order valence-electron chi connectivity index (χ3n) is 4.22. The second-order valence-corrected chi connectivity index (χ2v) is 13.9. The van der Waals surface area contributed by atoms with Crippen molar-refractivity contribution in [2.45, 2.75) is 64.2 Å². The molecule has 0 nitrogen and oxygen atoms in total. The third-order valence-corrected chi connectivity index (χ3v) is 10.4. The van der Waals surface area contributed by atoms with Crippen LogP contribution in [0, 0.1) is 0 Å². The smallest absolute Gasteiger partial charge is 0 e. The van der Waals surface area contributed by atoms with Crippen LogP contribution < -0.4 is 0 Å². The SMILES string of the molecule is CP(Cc1ccccc1CP(C)C(C)(C)C)C(C)(C)C.[B].[B]. The molecule has 1 aromatic rings. The van der Waals surface area contributed by atoms with Crippen molar-refractivity contribution < 1.29 is 0 Å². The van der Waals surface area contributed by atoms with Gasteiger partial charge in [-0.1, -0.05) is 81.7 Å². The fraction of sp³-hybridized carbons (Fsp3) is 0.667. The lowest BCUT2D eigenvalue weighted by atomic mass is 10.1. The van der Waals surface area contributed by atoms with Gasteiger partial charge >= 0.3 is 0 Å². The molecule has 0 aliphatic carbocycles. The lowest BCUT2D eigenvalue weighted by molar-refractivity contribution is 0.780. The Morgan fingerprint density at radius 1 is 0.682 bits per heavy atom. The van der Waals surface area contributed by atoms with E-state index in [9.17, 15) is 0 Å². The Balaban J connectivity index is 0. The molecule has 0 heterocycles. The lowest BCUT2D eigenvalue weighted by Gasteiger charge is -2.31. The summed E-state index contributed by atoms with van der Waals surface area (Å²) < 4.78 is 0. The fourth-order valence-corrected chi connectivity index (χ4v) is 4.44. The van der Waals surface area contributed by atoms with Crippen LogP contribution in [0.5, 0.6) is 0 Å². The van der Waals surface area contributed by atoms with E-state index in [0.29, 0.717) is 10.3 Å². The third kappa shape index (κ3) is 7.66. The van der Waals surface area contributed by atoms with Gasteiger partial charge in [0.15, 0.2) is 0 Å². The van der Waals surface area contributed by atoms with E-state index in [-0.39, 0.29) is 32.7 Å². The van der Waals surface area contributed by atoms with Gasteiger partial charge in [0.2, 0.25) is 0 Å². The molecule has 2 unspecified atom stereocenters. The summed E-state index contributed by atoms with van der Waals surface area (Å²) in [5.41, 5.74) is 3.18. The maximum absolute atomic E-state index is 2.45. The van der Waals surface area contributed by atoms with Gasteiger partial charge in [-0.15, -0.1) is 0 Å². The molecule has 0 aliphatic rings. The Hall–Kier alpha value is 0.210. The first-order chi connectivity index (χ1) is 9.01. The summed E-state index contributed by atoms with van der Waals surface area (Å²) in [4.78, 5) is 0. The van der Waals surface area contributed by atoms with E-state index >= 15 is 0 Å². The Morgan fingerprint density at radius 3 is 1.18 bits per heavy atom. The predicted molar refractivity (Wildman–Crippen MR) is 111 cm³/mol. The Bertz CT molecular complexity index is 392. The van der Waals surface area contributed by atoms with Gasteiger partial charge in [-0.25, -0.2) is 0 Å². The molecule has 0 amide bonds. The lowest BCUT2D eigenvalue weighted by Crippen LogP contribution is -2.13. The van der Waals surface area contributed by atoms with Crippen LogP contribution in [-0.4, -0.2) is 40.5 Å². The summed E-state index contributed by atoms with van der Waals surface area (Å²) in [5, 5.41) is 0.896. The van der Waals surface area contributed by atoms with Crippen molar-refractivity contribution in [3.63, 3.8) is 0 Å². The molecule has 2 atom stereocenters. The molecule has 0 aromatic heterocycles. The summed E-state index contributed by atoms with van der Waals surface area (Å²) in [6.07, 6.45) is 2.53. The van der Waals surface area contributed by atoms with Crippen LogP contribution in [0.1, 0.15) is 52.7 Å². The molecule has 6 radical (unpaired) electrons. The zero-order valence-electron chi connectivity index (χ0n) is 15.8. The Kier molecular flexibility index (Phi) is 10.6. The van der Waals surface area contributed by atoms with Crippen molar-refractivity contribution >= 4 is 32.7 Å². The molecule has 0 aliphatic heterocycles. The van der Waals surface area contributed by atoms with Crippen LogP contribution in [0.25, 0.3) is 0 Å². The van der Waals surface area contributed by atoms with Gasteiger partial charge in [-0.3, -0.25) is 0 Å². The Labute approximate surface area is 145 Å². The van der Waals surface area contributed by atoms with Crippen molar-refractivity contribution in [3.8, 4) is 0 Å². The molecule has 120 valence electrons. The van der Waals surface area contributed by atoms with Gasteiger partial charge in [-0.2, -0.15) is 0 Å². The van der Waals surface area contributed by atoms with E-state index in [0.717, 1.165) is 0 Å². The molecular weight excluding hydrogens is 300 g/mol. The molecule has 0 saturated carbocycles. The summed E-state index contributed by atoms with van der Waals surface area (Å²) in [6.45, 7) is 19.2. The van der Waals surface area contributed by atoms with Gasteiger partial charge in [0, 0.05) is 16.8 Å². The maximum atomic E-state index is 2.45. The summed E-state index contributed by atoms with van der Waals surface area (Å²) >= 11 is 0. The highest BCUT2D eigenvalue weighted by Gasteiger charge is 2.23.